The van der Waals surface area contributed by atoms with Gasteiger partial charge in [0.05, 0.1) is 6.61 Å². The summed E-state index contributed by atoms with van der Waals surface area (Å²) in [6.07, 6.45) is 0. The number of hydrogen-bond acceptors (Lipinski definition) is 3. The number of hydrogen-bond donors (Lipinski definition) is 3. The van der Waals surface area contributed by atoms with Gasteiger partial charge in [-0.25, -0.2) is 0 Å². The predicted octanol–water partition coefficient (Wildman–Crippen LogP) is 3.88. The van der Waals surface area contributed by atoms with Gasteiger partial charge in [-0.15, -0.1) is 24.0 Å². The van der Waals surface area contributed by atoms with Crippen LogP contribution in [0.3, 0.4) is 0 Å². The first-order chi connectivity index (χ1) is 12.2. The van der Waals surface area contributed by atoms with Gasteiger partial charge in [0.25, 0.3) is 0 Å². The molecule has 0 saturated heterocycles. The second-order valence-corrected chi connectivity index (χ2v) is 5.89. The van der Waals surface area contributed by atoms with Crippen molar-refractivity contribution in [1.29, 1.82) is 0 Å². The van der Waals surface area contributed by atoms with Gasteiger partial charge in [0.1, 0.15) is 0 Å². The number of aliphatic imine (C=N–C) groups is 1. The quantitative estimate of drug-likeness (QED) is 0.228. The van der Waals surface area contributed by atoms with Crippen molar-refractivity contribution in [2.24, 2.45) is 4.99 Å². The van der Waals surface area contributed by atoms with Crippen molar-refractivity contribution in [1.82, 2.24) is 10.6 Å². The lowest BCUT2D eigenvalue weighted by molar-refractivity contribution is 0.211. The molecule has 2 rings (SSSR count). The summed E-state index contributed by atoms with van der Waals surface area (Å²) in [4.78, 5) is 4.24. The molecule has 26 heavy (non-hydrogen) atoms. The van der Waals surface area contributed by atoms with E-state index in [-0.39, 0.29) is 24.0 Å². The fourth-order valence-electron chi connectivity index (χ4n) is 2.26. The Labute approximate surface area is 177 Å². The molecule has 0 amide bonds. The molecule has 0 heterocycles. The molecule has 0 unspecified atom stereocenters. The standard InChI is InChI=1S/C19H25ClN4O.HI/c1-21-19(24-14-16-5-3-4-6-18(16)20)23-13-15-7-9-17(10-8-15)22-11-12-25-2;/h3-10,22H,11-14H2,1-2H3,(H2,21,23,24);1H. The monoisotopic (exact) mass is 488 g/mol. The summed E-state index contributed by atoms with van der Waals surface area (Å²) in [6.45, 7) is 2.81. The van der Waals surface area contributed by atoms with Crippen LogP contribution in [0.5, 0.6) is 0 Å². The maximum absolute atomic E-state index is 6.17. The number of ether oxygens (including phenoxy) is 1. The third-order valence-electron chi connectivity index (χ3n) is 3.68. The molecule has 0 saturated carbocycles. The summed E-state index contributed by atoms with van der Waals surface area (Å²) in [5.41, 5.74) is 3.30. The number of anilines is 1. The minimum atomic E-state index is 0. The number of halogens is 2. The first kappa shape index (κ1) is 22.5. The van der Waals surface area contributed by atoms with Crippen LogP contribution in [0.2, 0.25) is 5.02 Å². The molecule has 142 valence electrons. The average molecular weight is 489 g/mol. The van der Waals surface area contributed by atoms with E-state index in [1.807, 2.05) is 24.3 Å². The Morgan fingerprint density at radius 1 is 1.04 bits per heavy atom. The topological polar surface area (TPSA) is 57.7 Å². The van der Waals surface area contributed by atoms with E-state index in [2.05, 4.69) is 45.2 Å². The zero-order chi connectivity index (χ0) is 17.9. The Bertz CT molecular complexity index is 679. The van der Waals surface area contributed by atoms with Gasteiger partial charge in [0, 0.05) is 44.5 Å². The lowest BCUT2D eigenvalue weighted by Gasteiger charge is -2.13. The van der Waals surface area contributed by atoms with Crippen LogP contribution in [0.4, 0.5) is 5.69 Å². The molecule has 0 aromatic heterocycles. The molecule has 3 N–H and O–H groups in total. The molecular weight excluding hydrogens is 463 g/mol. The van der Waals surface area contributed by atoms with E-state index < -0.39 is 0 Å². The summed E-state index contributed by atoms with van der Waals surface area (Å²) < 4.78 is 5.03. The SMILES string of the molecule is CN=C(NCc1ccc(NCCOC)cc1)NCc1ccccc1Cl.I. The smallest absolute Gasteiger partial charge is 0.191 e. The Hall–Kier alpha value is -1.51. The van der Waals surface area contributed by atoms with Crippen LogP contribution < -0.4 is 16.0 Å². The fraction of sp³-hybridized carbons (Fsp3) is 0.316. The van der Waals surface area contributed by atoms with E-state index in [0.717, 1.165) is 28.8 Å². The molecule has 2 aromatic rings. The average Bonchev–Trinajstić information content (AvgIpc) is 2.64. The summed E-state index contributed by atoms with van der Waals surface area (Å²) in [5, 5.41) is 10.6. The molecule has 0 radical (unpaired) electrons. The molecule has 5 nitrogen and oxygen atoms in total. The summed E-state index contributed by atoms with van der Waals surface area (Å²) >= 11 is 6.17. The molecule has 0 bridgehead atoms. The summed E-state index contributed by atoms with van der Waals surface area (Å²) in [6, 6.07) is 16.1. The molecule has 0 aliphatic rings. The minimum absolute atomic E-state index is 0. The predicted molar refractivity (Wildman–Crippen MR) is 121 cm³/mol. The number of rotatable bonds is 8. The van der Waals surface area contributed by atoms with Gasteiger partial charge in [0.2, 0.25) is 0 Å². The van der Waals surface area contributed by atoms with Gasteiger partial charge < -0.3 is 20.7 Å². The van der Waals surface area contributed by atoms with Crippen LogP contribution in [0, 0.1) is 0 Å². The second-order valence-electron chi connectivity index (χ2n) is 5.49. The molecular formula is C19H26ClIN4O. The van der Waals surface area contributed by atoms with E-state index in [4.69, 9.17) is 16.3 Å². The van der Waals surface area contributed by atoms with Crippen LogP contribution in [0.15, 0.2) is 53.5 Å². The number of nitrogens with zero attached hydrogens (tertiary/aromatic N) is 1. The third-order valence-corrected chi connectivity index (χ3v) is 4.05. The van der Waals surface area contributed by atoms with Crippen LogP contribution >= 0.6 is 35.6 Å². The molecule has 0 fully saturated rings. The first-order valence-electron chi connectivity index (χ1n) is 8.22. The minimum Gasteiger partial charge on any atom is -0.383 e. The number of benzene rings is 2. The van der Waals surface area contributed by atoms with Gasteiger partial charge in [0.15, 0.2) is 5.96 Å². The van der Waals surface area contributed by atoms with Gasteiger partial charge in [-0.2, -0.15) is 0 Å². The highest BCUT2D eigenvalue weighted by Gasteiger charge is 2.02. The van der Waals surface area contributed by atoms with Crippen molar-refractivity contribution < 1.29 is 4.74 Å². The molecule has 7 heteroatoms. The normalized spacial score (nSPS) is 10.8. The third kappa shape index (κ3) is 7.80. The van der Waals surface area contributed by atoms with E-state index in [1.165, 1.54) is 5.56 Å². The zero-order valence-corrected chi connectivity index (χ0v) is 18.2. The number of nitrogens with one attached hydrogen (secondary N) is 3. The van der Waals surface area contributed by atoms with Crippen molar-refractivity contribution in [3.63, 3.8) is 0 Å². The van der Waals surface area contributed by atoms with Crippen LogP contribution in [-0.2, 0) is 17.8 Å². The van der Waals surface area contributed by atoms with Crippen molar-refractivity contribution >= 4 is 47.2 Å². The Morgan fingerprint density at radius 3 is 2.38 bits per heavy atom. The maximum atomic E-state index is 6.17. The van der Waals surface area contributed by atoms with Crippen molar-refractivity contribution in [3.05, 3.63) is 64.7 Å². The molecule has 0 spiro atoms. The van der Waals surface area contributed by atoms with Crippen molar-refractivity contribution in [3.8, 4) is 0 Å². The van der Waals surface area contributed by atoms with Gasteiger partial charge in [-0.3, -0.25) is 4.99 Å². The van der Waals surface area contributed by atoms with Crippen LogP contribution in [0.25, 0.3) is 0 Å². The molecule has 0 atom stereocenters. The lowest BCUT2D eigenvalue weighted by atomic mass is 10.2. The lowest BCUT2D eigenvalue weighted by Crippen LogP contribution is -2.36. The van der Waals surface area contributed by atoms with Crippen molar-refractivity contribution in [2.45, 2.75) is 13.1 Å². The highest BCUT2D eigenvalue weighted by atomic mass is 127. The maximum Gasteiger partial charge on any atom is 0.191 e. The van der Waals surface area contributed by atoms with Gasteiger partial charge in [-0.05, 0) is 29.3 Å². The highest BCUT2D eigenvalue weighted by Crippen LogP contribution is 2.14. The number of methoxy groups -OCH3 is 1. The zero-order valence-electron chi connectivity index (χ0n) is 15.1. The van der Waals surface area contributed by atoms with E-state index in [0.29, 0.717) is 19.7 Å². The molecule has 2 aromatic carbocycles. The molecule has 0 aliphatic carbocycles. The Balaban J connectivity index is 0.00000338. The second kappa shape index (κ2) is 12.8. The molecule has 0 aliphatic heterocycles. The first-order valence-corrected chi connectivity index (χ1v) is 8.60. The van der Waals surface area contributed by atoms with Crippen LogP contribution in [0.1, 0.15) is 11.1 Å². The highest BCUT2D eigenvalue weighted by molar-refractivity contribution is 14.0. The van der Waals surface area contributed by atoms with E-state index >= 15 is 0 Å². The van der Waals surface area contributed by atoms with E-state index in [1.54, 1.807) is 14.2 Å². The summed E-state index contributed by atoms with van der Waals surface area (Å²) in [5.74, 6) is 0.738. The van der Waals surface area contributed by atoms with Gasteiger partial charge in [-0.1, -0.05) is 41.9 Å². The van der Waals surface area contributed by atoms with Crippen molar-refractivity contribution in [2.75, 3.05) is 32.6 Å². The van der Waals surface area contributed by atoms with Gasteiger partial charge >= 0.3 is 0 Å². The largest absolute Gasteiger partial charge is 0.383 e. The number of guanidine groups is 1. The Morgan fingerprint density at radius 2 is 1.73 bits per heavy atom. The van der Waals surface area contributed by atoms with Crippen LogP contribution in [-0.4, -0.2) is 33.3 Å². The fourth-order valence-corrected chi connectivity index (χ4v) is 2.47. The van der Waals surface area contributed by atoms with E-state index in [9.17, 15) is 0 Å². The summed E-state index contributed by atoms with van der Waals surface area (Å²) in [7, 11) is 3.45. The Kier molecular flexibility index (Phi) is 11.1.